The molecule has 33 heavy (non-hydrogen) atoms. The number of likely N-dealkylation sites (tertiary alicyclic amines) is 1. The molecule has 1 N–H and O–H groups in total. The second-order valence-electron chi connectivity index (χ2n) is 8.21. The highest BCUT2D eigenvalue weighted by Gasteiger charge is 2.28. The quantitative estimate of drug-likeness (QED) is 0.281. The van der Waals surface area contributed by atoms with Crippen LogP contribution in [0.1, 0.15) is 36.0 Å². The first-order chi connectivity index (χ1) is 16.0. The van der Waals surface area contributed by atoms with Gasteiger partial charge in [-0.25, -0.2) is 0 Å². The Balaban J connectivity index is 1.19. The van der Waals surface area contributed by atoms with Gasteiger partial charge in [-0.1, -0.05) is 0 Å². The van der Waals surface area contributed by atoms with Gasteiger partial charge in [-0.2, -0.15) is 0 Å². The molecule has 9 nitrogen and oxygen atoms in total. The first-order valence-electron chi connectivity index (χ1n) is 11.2. The van der Waals surface area contributed by atoms with Crippen molar-refractivity contribution in [3.8, 4) is 11.5 Å². The lowest BCUT2D eigenvalue weighted by Gasteiger charge is -2.31. The second kappa shape index (κ2) is 10.3. The number of benzene rings is 2. The lowest BCUT2D eigenvalue weighted by molar-refractivity contribution is -0.384. The van der Waals surface area contributed by atoms with E-state index >= 15 is 0 Å². The van der Waals surface area contributed by atoms with E-state index in [2.05, 4.69) is 5.32 Å². The number of ketones is 1. The van der Waals surface area contributed by atoms with E-state index in [0.717, 1.165) is 5.69 Å². The largest absolute Gasteiger partial charge is 0.486 e. The Morgan fingerprint density at radius 1 is 1.03 bits per heavy atom. The fourth-order valence-electron chi connectivity index (χ4n) is 4.15. The van der Waals surface area contributed by atoms with Crippen molar-refractivity contribution in [1.82, 2.24) is 4.90 Å². The van der Waals surface area contributed by atoms with Gasteiger partial charge in [-0.15, -0.1) is 0 Å². The predicted octanol–water partition coefficient (Wildman–Crippen LogP) is 3.68. The number of carbonyl (C=O) groups is 2. The number of nitro groups is 1. The molecule has 0 bridgehead atoms. The molecule has 1 amide bonds. The van der Waals surface area contributed by atoms with Gasteiger partial charge in [-0.3, -0.25) is 19.7 Å². The van der Waals surface area contributed by atoms with Crippen molar-refractivity contribution in [2.45, 2.75) is 25.7 Å². The predicted molar refractivity (Wildman–Crippen MR) is 122 cm³/mol. The summed E-state index contributed by atoms with van der Waals surface area (Å²) in [5, 5.41) is 13.9. The molecule has 4 rings (SSSR count). The number of nitrogens with one attached hydrogen (secondary N) is 1. The van der Waals surface area contributed by atoms with E-state index in [0.29, 0.717) is 75.6 Å². The third-order valence-corrected chi connectivity index (χ3v) is 6.02. The molecule has 0 atom stereocenters. The van der Waals surface area contributed by atoms with Crippen LogP contribution in [0.3, 0.4) is 0 Å². The van der Waals surface area contributed by atoms with Gasteiger partial charge in [0.05, 0.1) is 4.92 Å². The molecular weight excluding hydrogens is 426 g/mol. The molecule has 0 saturated carbocycles. The maximum atomic E-state index is 12.9. The standard InChI is InChI=1S/C24H27N3O6/c28-23(2-1-11-25-19-4-6-20(7-5-19)27(30)31)26-12-9-17(10-13-26)24(29)18-3-8-21-22(16-18)33-15-14-32-21/h3-8,16-17,25H,1-2,9-15H2. The number of piperidine rings is 1. The molecule has 0 aliphatic carbocycles. The number of fused-ring (bicyclic) bond motifs is 1. The topological polar surface area (TPSA) is 111 Å². The SMILES string of the molecule is O=C(c1ccc2c(c1)OCCO2)C1CCN(C(=O)CCCNc2ccc([N+](=O)[O-])cc2)CC1. The van der Waals surface area contributed by atoms with Crippen molar-refractivity contribution in [2.24, 2.45) is 5.92 Å². The molecule has 2 aromatic carbocycles. The average molecular weight is 453 g/mol. The molecule has 0 radical (unpaired) electrons. The number of carbonyl (C=O) groups excluding carboxylic acids is 2. The maximum absolute atomic E-state index is 12.9. The molecule has 0 unspecified atom stereocenters. The van der Waals surface area contributed by atoms with Crippen LogP contribution in [-0.2, 0) is 4.79 Å². The fraction of sp³-hybridized carbons (Fsp3) is 0.417. The number of non-ortho nitro benzene ring substituents is 1. The van der Waals surface area contributed by atoms with Gasteiger partial charge in [0.1, 0.15) is 13.2 Å². The number of nitrogens with zero attached hydrogens (tertiary/aromatic N) is 2. The zero-order chi connectivity index (χ0) is 23.2. The van der Waals surface area contributed by atoms with Crippen LogP contribution in [0.5, 0.6) is 11.5 Å². The molecule has 0 spiro atoms. The maximum Gasteiger partial charge on any atom is 0.269 e. The molecule has 2 aliphatic heterocycles. The van der Waals surface area contributed by atoms with Gasteiger partial charge in [-0.05, 0) is 49.6 Å². The van der Waals surface area contributed by atoms with Crippen molar-refractivity contribution in [3.05, 3.63) is 58.1 Å². The van der Waals surface area contributed by atoms with Crippen molar-refractivity contribution in [3.63, 3.8) is 0 Å². The van der Waals surface area contributed by atoms with Crippen LogP contribution in [0.2, 0.25) is 0 Å². The summed E-state index contributed by atoms with van der Waals surface area (Å²) in [5.74, 6) is 1.36. The monoisotopic (exact) mass is 453 g/mol. The number of hydrogen-bond donors (Lipinski definition) is 1. The highest BCUT2D eigenvalue weighted by atomic mass is 16.6. The molecule has 174 valence electrons. The molecule has 2 aromatic rings. The van der Waals surface area contributed by atoms with E-state index < -0.39 is 4.92 Å². The van der Waals surface area contributed by atoms with E-state index in [-0.39, 0.29) is 23.3 Å². The van der Waals surface area contributed by atoms with Gasteiger partial charge in [0, 0.05) is 55.4 Å². The number of ether oxygens (including phenoxy) is 2. The molecular formula is C24H27N3O6. The van der Waals surface area contributed by atoms with Crippen molar-refractivity contribution >= 4 is 23.1 Å². The second-order valence-corrected chi connectivity index (χ2v) is 8.21. The average Bonchev–Trinajstić information content (AvgIpc) is 2.86. The van der Waals surface area contributed by atoms with Crippen molar-refractivity contribution < 1.29 is 24.0 Å². The Kier molecular flexibility index (Phi) is 7.07. The van der Waals surface area contributed by atoms with Crippen LogP contribution in [0.4, 0.5) is 11.4 Å². The van der Waals surface area contributed by atoms with E-state index in [1.165, 1.54) is 12.1 Å². The number of rotatable bonds is 8. The van der Waals surface area contributed by atoms with E-state index in [4.69, 9.17) is 9.47 Å². The Morgan fingerprint density at radius 2 is 1.73 bits per heavy atom. The summed E-state index contributed by atoms with van der Waals surface area (Å²) < 4.78 is 11.1. The van der Waals surface area contributed by atoms with E-state index in [1.807, 2.05) is 4.90 Å². The highest BCUT2D eigenvalue weighted by molar-refractivity contribution is 5.98. The normalized spacial score (nSPS) is 15.7. The fourth-order valence-corrected chi connectivity index (χ4v) is 4.15. The molecule has 9 heteroatoms. The summed E-state index contributed by atoms with van der Waals surface area (Å²) in [5.41, 5.74) is 1.46. The van der Waals surface area contributed by atoms with Crippen LogP contribution in [0.15, 0.2) is 42.5 Å². The molecule has 2 aliphatic rings. The number of anilines is 1. The summed E-state index contributed by atoms with van der Waals surface area (Å²) in [6.07, 6.45) is 2.38. The van der Waals surface area contributed by atoms with Gasteiger partial charge in [0.2, 0.25) is 5.91 Å². The van der Waals surface area contributed by atoms with Crippen LogP contribution >= 0.6 is 0 Å². The van der Waals surface area contributed by atoms with Crippen LogP contribution in [0.25, 0.3) is 0 Å². The summed E-state index contributed by atoms with van der Waals surface area (Å²) in [4.78, 5) is 37.6. The third kappa shape index (κ3) is 5.60. The molecule has 1 saturated heterocycles. The van der Waals surface area contributed by atoms with Crippen molar-refractivity contribution in [1.29, 1.82) is 0 Å². The van der Waals surface area contributed by atoms with E-state index in [1.54, 1.807) is 30.3 Å². The first-order valence-corrected chi connectivity index (χ1v) is 11.2. The van der Waals surface area contributed by atoms with Crippen LogP contribution in [0, 0.1) is 16.0 Å². The number of amides is 1. The minimum Gasteiger partial charge on any atom is -0.486 e. The van der Waals surface area contributed by atoms with Gasteiger partial charge >= 0.3 is 0 Å². The minimum absolute atomic E-state index is 0.0478. The summed E-state index contributed by atoms with van der Waals surface area (Å²) in [6, 6.07) is 11.5. The van der Waals surface area contributed by atoms with Crippen molar-refractivity contribution in [2.75, 3.05) is 38.2 Å². The molecule has 2 heterocycles. The third-order valence-electron chi connectivity index (χ3n) is 6.02. The Labute approximate surface area is 191 Å². The smallest absolute Gasteiger partial charge is 0.269 e. The minimum atomic E-state index is -0.435. The zero-order valence-electron chi connectivity index (χ0n) is 18.3. The summed E-state index contributed by atoms with van der Waals surface area (Å²) in [6.45, 7) is 2.75. The summed E-state index contributed by atoms with van der Waals surface area (Å²) in [7, 11) is 0. The summed E-state index contributed by atoms with van der Waals surface area (Å²) >= 11 is 0. The Bertz CT molecular complexity index is 1020. The van der Waals surface area contributed by atoms with Crippen LogP contribution in [-0.4, -0.2) is 54.4 Å². The lowest BCUT2D eigenvalue weighted by Crippen LogP contribution is -2.40. The zero-order valence-corrected chi connectivity index (χ0v) is 18.3. The number of hydrogen-bond acceptors (Lipinski definition) is 7. The highest BCUT2D eigenvalue weighted by Crippen LogP contribution is 2.32. The Hall–Kier alpha value is -3.62. The first kappa shape index (κ1) is 22.6. The van der Waals surface area contributed by atoms with E-state index in [9.17, 15) is 19.7 Å². The van der Waals surface area contributed by atoms with Gasteiger partial charge in [0.15, 0.2) is 17.3 Å². The number of nitro benzene ring substituents is 1. The molecule has 1 fully saturated rings. The lowest BCUT2D eigenvalue weighted by atomic mass is 9.88. The van der Waals surface area contributed by atoms with Crippen LogP contribution < -0.4 is 14.8 Å². The van der Waals surface area contributed by atoms with Gasteiger partial charge in [0.25, 0.3) is 5.69 Å². The molecule has 0 aromatic heterocycles. The van der Waals surface area contributed by atoms with Gasteiger partial charge < -0.3 is 19.7 Å². The number of Topliss-reactive ketones (excluding diaryl/α,β-unsaturated/α-hetero) is 1. The Morgan fingerprint density at radius 3 is 2.42 bits per heavy atom.